The van der Waals surface area contributed by atoms with Gasteiger partial charge < -0.3 is 5.32 Å². The highest BCUT2D eigenvalue weighted by Crippen LogP contribution is 2.14. The molecule has 23 heavy (non-hydrogen) atoms. The van der Waals surface area contributed by atoms with Crippen LogP contribution in [0.1, 0.15) is 51.7 Å². The molecule has 0 amide bonds. The highest BCUT2D eigenvalue weighted by atomic mass is 16.1. The van der Waals surface area contributed by atoms with Gasteiger partial charge in [-0.2, -0.15) is 0 Å². The first kappa shape index (κ1) is 17.2. The Morgan fingerprint density at radius 3 is 2.74 bits per heavy atom. The summed E-state index contributed by atoms with van der Waals surface area (Å²) in [5.74, 6) is 0.616. The molecular weight excluding hydrogens is 288 g/mol. The van der Waals surface area contributed by atoms with Crippen molar-refractivity contribution in [1.29, 1.82) is 0 Å². The second kappa shape index (κ2) is 7.40. The van der Waals surface area contributed by atoms with Gasteiger partial charge in [-0.25, -0.2) is 4.98 Å². The highest BCUT2D eigenvalue weighted by Gasteiger charge is 2.14. The molecule has 2 aromatic heterocycles. The summed E-state index contributed by atoms with van der Waals surface area (Å²) >= 11 is 0. The van der Waals surface area contributed by atoms with Gasteiger partial charge in [0.1, 0.15) is 17.0 Å². The van der Waals surface area contributed by atoms with E-state index in [0.717, 1.165) is 18.4 Å². The zero-order valence-electron chi connectivity index (χ0n) is 14.6. The van der Waals surface area contributed by atoms with Crippen molar-refractivity contribution in [2.24, 2.45) is 4.99 Å². The van der Waals surface area contributed by atoms with Crippen LogP contribution in [0.2, 0.25) is 0 Å². The first-order valence-electron chi connectivity index (χ1n) is 8.29. The lowest BCUT2D eigenvalue weighted by atomic mass is 10.2. The molecule has 124 valence electrons. The summed E-state index contributed by atoms with van der Waals surface area (Å²) in [7, 11) is 0. The average Bonchev–Trinajstić information content (AvgIpc) is 2.55. The maximum atomic E-state index is 12.9. The number of pyridine rings is 1. The van der Waals surface area contributed by atoms with Gasteiger partial charge in [0.05, 0.1) is 0 Å². The van der Waals surface area contributed by atoms with E-state index in [9.17, 15) is 4.79 Å². The van der Waals surface area contributed by atoms with Gasteiger partial charge in [0, 0.05) is 24.5 Å². The Kier molecular flexibility index (Phi) is 5.53. The normalized spacial score (nSPS) is 14.3. The van der Waals surface area contributed by atoms with E-state index < -0.39 is 0 Å². The molecule has 0 saturated heterocycles. The first-order valence-corrected chi connectivity index (χ1v) is 8.29. The average molecular weight is 314 g/mol. The summed E-state index contributed by atoms with van der Waals surface area (Å²) < 4.78 is 1.59. The molecule has 1 N–H and O–H groups in total. The quantitative estimate of drug-likeness (QED) is 0.831. The first-order chi connectivity index (χ1) is 11.0. The number of nitrogens with one attached hydrogen (secondary N) is 1. The molecule has 0 saturated carbocycles. The lowest BCUT2D eigenvalue weighted by Crippen LogP contribution is -2.25. The zero-order valence-corrected chi connectivity index (χ0v) is 14.6. The predicted molar refractivity (Wildman–Crippen MR) is 96.9 cm³/mol. The maximum Gasteiger partial charge on any atom is 0.268 e. The van der Waals surface area contributed by atoms with Gasteiger partial charge in [-0.1, -0.05) is 19.9 Å². The van der Waals surface area contributed by atoms with Crippen LogP contribution in [0.15, 0.2) is 28.1 Å². The van der Waals surface area contributed by atoms with Crippen LogP contribution in [-0.4, -0.2) is 27.7 Å². The van der Waals surface area contributed by atoms with Crippen LogP contribution in [0.5, 0.6) is 0 Å². The van der Waals surface area contributed by atoms with E-state index in [4.69, 9.17) is 0 Å². The Morgan fingerprint density at radius 2 is 2.09 bits per heavy atom. The Hall–Kier alpha value is -2.17. The lowest BCUT2D eigenvalue weighted by Gasteiger charge is -2.15. The van der Waals surface area contributed by atoms with Crippen molar-refractivity contribution in [2.45, 2.75) is 59.5 Å². The van der Waals surface area contributed by atoms with Crippen molar-refractivity contribution in [1.82, 2.24) is 9.38 Å². The molecule has 0 aliphatic rings. The zero-order chi connectivity index (χ0) is 17.0. The fourth-order valence-electron chi connectivity index (χ4n) is 2.18. The molecule has 2 atom stereocenters. The van der Waals surface area contributed by atoms with E-state index >= 15 is 0 Å². The van der Waals surface area contributed by atoms with Crippen molar-refractivity contribution >= 4 is 17.7 Å². The number of fused-ring (bicyclic) bond motifs is 1. The molecule has 0 aliphatic carbocycles. The van der Waals surface area contributed by atoms with Crippen LogP contribution < -0.4 is 10.9 Å². The van der Waals surface area contributed by atoms with E-state index in [1.165, 1.54) is 0 Å². The van der Waals surface area contributed by atoms with Crippen LogP contribution in [0.25, 0.3) is 5.65 Å². The number of anilines is 1. The number of aryl methyl sites for hydroxylation is 1. The van der Waals surface area contributed by atoms with E-state index in [1.807, 2.05) is 26.0 Å². The molecule has 0 spiro atoms. The highest BCUT2D eigenvalue weighted by molar-refractivity contribution is 5.86. The SMILES string of the molecule is CC[C@@H](C)N=Cc1c(N[C@H](C)CC)nc2c(C)cccn2c1=O. The monoisotopic (exact) mass is 314 g/mol. The molecular formula is C18H26N4O. The van der Waals surface area contributed by atoms with Gasteiger partial charge >= 0.3 is 0 Å². The van der Waals surface area contributed by atoms with E-state index in [2.05, 4.69) is 36.1 Å². The molecule has 0 aromatic carbocycles. The summed E-state index contributed by atoms with van der Waals surface area (Å²) in [6.45, 7) is 10.3. The van der Waals surface area contributed by atoms with Gasteiger partial charge in [-0.05, 0) is 45.2 Å². The minimum atomic E-state index is -0.0865. The van der Waals surface area contributed by atoms with Crippen molar-refractivity contribution in [2.75, 3.05) is 5.32 Å². The molecule has 2 rings (SSSR count). The largest absolute Gasteiger partial charge is 0.367 e. The number of aliphatic imine (C=N–C) groups is 1. The second-order valence-corrected chi connectivity index (χ2v) is 6.05. The Labute approximate surface area is 137 Å². The summed E-state index contributed by atoms with van der Waals surface area (Å²) in [6.07, 6.45) is 5.32. The summed E-state index contributed by atoms with van der Waals surface area (Å²) in [5.41, 5.74) is 2.09. The van der Waals surface area contributed by atoms with Crippen molar-refractivity contribution < 1.29 is 0 Å². The molecule has 0 aliphatic heterocycles. The maximum absolute atomic E-state index is 12.9. The predicted octanol–water partition coefficient (Wildman–Crippen LogP) is 3.43. The Morgan fingerprint density at radius 1 is 1.35 bits per heavy atom. The summed E-state index contributed by atoms with van der Waals surface area (Å²) in [5, 5.41) is 3.35. The fourth-order valence-corrected chi connectivity index (χ4v) is 2.18. The van der Waals surface area contributed by atoms with Crippen LogP contribution >= 0.6 is 0 Å². The third-order valence-corrected chi connectivity index (χ3v) is 4.13. The Bertz CT molecular complexity index is 763. The molecule has 0 fully saturated rings. The number of rotatable bonds is 6. The third kappa shape index (κ3) is 3.78. The van der Waals surface area contributed by atoms with Gasteiger partial charge in [0.15, 0.2) is 0 Å². The van der Waals surface area contributed by atoms with E-state index in [1.54, 1.807) is 16.8 Å². The van der Waals surface area contributed by atoms with Gasteiger partial charge in [-0.15, -0.1) is 0 Å². The molecule has 2 heterocycles. The van der Waals surface area contributed by atoms with Gasteiger partial charge in [0.2, 0.25) is 0 Å². The second-order valence-electron chi connectivity index (χ2n) is 6.05. The number of hydrogen-bond donors (Lipinski definition) is 1. The van der Waals surface area contributed by atoms with Crippen molar-refractivity contribution in [3.05, 3.63) is 39.8 Å². The fraction of sp³-hybridized carbons (Fsp3) is 0.500. The van der Waals surface area contributed by atoms with Crippen molar-refractivity contribution in [3.63, 3.8) is 0 Å². The minimum absolute atomic E-state index is 0.0865. The van der Waals surface area contributed by atoms with Crippen LogP contribution in [0.3, 0.4) is 0 Å². The van der Waals surface area contributed by atoms with Crippen molar-refractivity contribution in [3.8, 4) is 0 Å². The van der Waals surface area contributed by atoms with E-state index in [-0.39, 0.29) is 17.6 Å². The van der Waals surface area contributed by atoms with Crippen LogP contribution in [-0.2, 0) is 0 Å². The topological polar surface area (TPSA) is 58.8 Å². The molecule has 2 aromatic rings. The van der Waals surface area contributed by atoms with Crippen LogP contribution in [0, 0.1) is 6.92 Å². The summed E-state index contributed by atoms with van der Waals surface area (Å²) in [6, 6.07) is 4.25. The minimum Gasteiger partial charge on any atom is -0.367 e. The smallest absolute Gasteiger partial charge is 0.268 e. The lowest BCUT2D eigenvalue weighted by molar-refractivity contribution is 0.720. The van der Waals surface area contributed by atoms with Gasteiger partial charge in [0.25, 0.3) is 5.56 Å². The molecule has 0 radical (unpaired) electrons. The molecule has 0 bridgehead atoms. The van der Waals surface area contributed by atoms with Gasteiger partial charge in [-0.3, -0.25) is 14.2 Å². The van der Waals surface area contributed by atoms with Crippen LogP contribution in [0.4, 0.5) is 5.82 Å². The number of aromatic nitrogens is 2. The number of hydrogen-bond acceptors (Lipinski definition) is 4. The standard InChI is InChI=1S/C18H26N4O/c1-6-13(4)19-11-15-16(20-14(5)7-2)21-17-12(3)9-8-10-22(17)18(15)23/h8-11,13-14,20H,6-7H2,1-5H3/t13-,14-/m1/s1. The Balaban J connectivity index is 2.65. The molecule has 5 heteroatoms. The summed E-state index contributed by atoms with van der Waals surface area (Å²) in [4.78, 5) is 22.0. The molecule has 0 unspecified atom stereocenters. The van der Waals surface area contributed by atoms with E-state index in [0.29, 0.717) is 17.0 Å². The number of nitrogens with zero attached hydrogens (tertiary/aromatic N) is 3. The molecule has 5 nitrogen and oxygen atoms in total. The third-order valence-electron chi connectivity index (χ3n) is 4.13.